The van der Waals surface area contributed by atoms with Crippen LogP contribution in [0.15, 0.2) is 18.2 Å². The summed E-state index contributed by atoms with van der Waals surface area (Å²) in [4.78, 5) is 12.7. The van der Waals surface area contributed by atoms with Gasteiger partial charge in [0.05, 0.1) is 12.1 Å². The largest absolute Gasteiger partial charge is 0.497 e. The number of rotatable bonds is 4. The number of benzene rings is 1. The third-order valence-corrected chi connectivity index (χ3v) is 4.69. The molecule has 2 aromatic rings. The standard InChI is InChI=1S/C14H16ClNO2S/c1-4-8(2)16-14(17)13-12(15)10-6-5-9(18-3)7-11(10)19-13/h5-8H,4H2,1-3H3,(H,16,17). The molecule has 0 spiro atoms. The van der Waals surface area contributed by atoms with Gasteiger partial charge in [-0.3, -0.25) is 4.79 Å². The van der Waals surface area contributed by atoms with Gasteiger partial charge in [-0.2, -0.15) is 0 Å². The van der Waals surface area contributed by atoms with E-state index in [2.05, 4.69) is 5.32 Å². The topological polar surface area (TPSA) is 38.3 Å². The fourth-order valence-corrected chi connectivity index (χ4v) is 3.16. The summed E-state index contributed by atoms with van der Waals surface area (Å²) in [6.45, 7) is 4.00. The highest BCUT2D eigenvalue weighted by Gasteiger charge is 2.18. The highest BCUT2D eigenvalue weighted by atomic mass is 35.5. The molecule has 0 aliphatic rings. The maximum absolute atomic E-state index is 12.1. The summed E-state index contributed by atoms with van der Waals surface area (Å²) in [5.41, 5.74) is 0. The number of hydrogen-bond donors (Lipinski definition) is 1. The van der Waals surface area contributed by atoms with Crippen LogP contribution in [-0.4, -0.2) is 19.1 Å². The number of thiophene rings is 1. The van der Waals surface area contributed by atoms with Crippen molar-refractivity contribution in [3.8, 4) is 5.75 Å². The zero-order valence-corrected chi connectivity index (χ0v) is 12.7. The molecule has 0 radical (unpaired) electrons. The smallest absolute Gasteiger partial charge is 0.263 e. The quantitative estimate of drug-likeness (QED) is 0.923. The average Bonchev–Trinajstić information content (AvgIpc) is 2.75. The first-order valence-corrected chi connectivity index (χ1v) is 7.33. The van der Waals surface area contributed by atoms with Crippen molar-refractivity contribution in [1.82, 2.24) is 5.32 Å². The lowest BCUT2D eigenvalue weighted by molar-refractivity contribution is 0.0943. The van der Waals surface area contributed by atoms with Crippen LogP contribution in [0.2, 0.25) is 5.02 Å². The van der Waals surface area contributed by atoms with E-state index in [-0.39, 0.29) is 11.9 Å². The van der Waals surface area contributed by atoms with E-state index in [4.69, 9.17) is 16.3 Å². The molecule has 0 aliphatic carbocycles. The molecule has 0 saturated carbocycles. The first-order valence-electron chi connectivity index (χ1n) is 6.13. The number of ether oxygens (including phenoxy) is 1. The normalized spacial score (nSPS) is 12.4. The van der Waals surface area contributed by atoms with Crippen molar-refractivity contribution in [2.45, 2.75) is 26.3 Å². The molecule has 1 heterocycles. The molecular formula is C14H16ClNO2S. The Morgan fingerprint density at radius 3 is 2.89 bits per heavy atom. The van der Waals surface area contributed by atoms with Crippen LogP contribution in [0.3, 0.4) is 0 Å². The predicted octanol–water partition coefficient (Wildman–Crippen LogP) is 4.09. The second-order valence-corrected chi connectivity index (χ2v) is 5.82. The zero-order valence-electron chi connectivity index (χ0n) is 11.1. The summed E-state index contributed by atoms with van der Waals surface area (Å²) in [5.74, 6) is 0.652. The molecule has 3 nitrogen and oxygen atoms in total. The number of carbonyl (C=O) groups is 1. The van der Waals surface area contributed by atoms with Crippen molar-refractivity contribution < 1.29 is 9.53 Å². The van der Waals surface area contributed by atoms with Crippen LogP contribution in [0.5, 0.6) is 5.75 Å². The number of amides is 1. The Bertz CT molecular complexity index is 609. The SMILES string of the molecule is CCC(C)NC(=O)c1sc2cc(OC)ccc2c1Cl. The van der Waals surface area contributed by atoms with Crippen LogP contribution >= 0.6 is 22.9 Å². The van der Waals surface area contributed by atoms with Gasteiger partial charge in [0.25, 0.3) is 5.91 Å². The molecule has 1 aromatic heterocycles. The molecule has 19 heavy (non-hydrogen) atoms. The van der Waals surface area contributed by atoms with Gasteiger partial charge in [-0.25, -0.2) is 0 Å². The summed E-state index contributed by atoms with van der Waals surface area (Å²) < 4.78 is 6.13. The molecule has 1 aromatic carbocycles. The van der Waals surface area contributed by atoms with E-state index < -0.39 is 0 Å². The van der Waals surface area contributed by atoms with E-state index in [1.807, 2.05) is 32.0 Å². The molecular weight excluding hydrogens is 282 g/mol. The third-order valence-electron chi connectivity index (χ3n) is 3.03. The van der Waals surface area contributed by atoms with Crippen LogP contribution in [0.4, 0.5) is 0 Å². The lowest BCUT2D eigenvalue weighted by Crippen LogP contribution is -2.31. The predicted molar refractivity (Wildman–Crippen MR) is 80.6 cm³/mol. The average molecular weight is 298 g/mol. The van der Waals surface area contributed by atoms with E-state index in [0.29, 0.717) is 9.90 Å². The Kier molecular flexibility index (Phi) is 4.32. The highest BCUT2D eigenvalue weighted by molar-refractivity contribution is 7.21. The van der Waals surface area contributed by atoms with Crippen molar-refractivity contribution in [3.63, 3.8) is 0 Å². The van der Waals surface area contributed by atoms with Gasteiger partial charge in [0.1, 0.15) is 10.6 Å². The van der Waals surface area contributed by atoms with Gasteiger partial charge >= 0.3 is 0 Å². The molecule has 102 valence electrons. The molecule has 0 aliphatic heterocycles. The second kappa shape index (κ2) is 5.80. The van der Waals surface area contributed by atoms with Gasteiger partial charge in [0, 0.05) is 16.1 Å². The van der Waals surface area contributed by atoms with Crippen molar-refractivity contribution >= 4 is 38.9 Å². The van der Waals surface area contributed by atoms with Gasteiger partial charge in [0.2, 0.25) is 0 Å². The van der Waals surface area contributed by atoms with Crippen molar-refractivity contribution in [1.29, 1.82) is 0 Å². The molecule has 1 N–H and O–H groups in total. The Balaban J connectivity index is 2.38. The summed E-state index contributed by atoms with van der Waals surface area (Å²) in [6, 6.07) is 5.76. The van der Waals surface area contributed by atoms with Crippen molar-refractivity contribution in [3.05, 3.63) is 28.1 Å². The second-order valence-electron chi connectivity index (χ2n) is 4.39. The Labute approximate surface area is 121 Å². The molecule has 0 bridgehead atoms. The Morgan fingerprint density at radius 1 is 1.53 bits per heavy atom. The van der Waals surface area contributed by atoms with Crippen LogP contribution in [0.25, 0.3) is 10.1 Å². The number of methoxy groups -OCH3 is 1. The van der Waals surface area contributed by atoms with E-state index in [1.54, 1.807) is 7.11 Å². The van der Waals surface area contributed by atoms with Crippen LogP contribution in [-0.2, 0) is 0 Å². The fraction of sp³-hybridized carbons (Fsp3) is 0.357. The summed E-state index contributed by atoms with van der Waals surface area (Å²) >= 11 is 7.67. The zero-order chi connectivity index (χ0) is 14.0. The minimum Gasteiger partial charge on any atom is -0.497 e. The minimum absolute atomic E-state index is 0.112. The fourth-order valence-electron chi connectivity index (χ4n) is 1.71. The molecule has 1 amide bonds. The van der Waals surface area contributed by atoms with Crippen LogP contribution in [0, 0.1) is 0 Å². The van der Waals surface area contributed by atoms with E-state index in [9.17, 15) is 4.79 Å². The Hall–Kier alpha value is -1.26. The summed E-state index contributed by atoms with van der Waals surface area (Å²) in [6.07, 6.45) is 0.891. The number of nitrogens with one attached hydrogen (secondary N) is 1. The molecule has 5 heteroatoms. The lowest BCUT2D eigenvalue weighted by Gasteiger charge is -2.10. The Morgan fingerprint density at radius 2 is 2.26 bits per heavy atom. The number of hydrogen-bond acceptors (Lipinski definition) is 3. The lowest BCUT2D eigenvalue weighted by atomic mass is 10.2. The third kappa shape index (κ3) is 2.85. The van der Waals surface area contributed by atoms with E-state index >= 15 is 0 Å². The molecule has 1 unspecified atom stereocenters. The maximum Gasteiger partial charge on any atom is 0.263 e. The van der Waals surface area contributed by atoms with Crippen molar-refractivity contribution in [2.24, 2.45) is 0 Å². The molecule has 0 saturated heterocycles. The molecule has 1 atom stereocenters. The highest BCUT2D eigenvalue weighted by Crippen LogP contribution is 2.37. The molecule has 2 rings (SSSR count). The number of halogens is 1. The van der Waals surface area contributed by atoms with Crippen LogP contribution < -0.4 is 10.1 Å². The van der Waals surface area contributed by atoms with Crippen LogP contribution in [0.1, 0.15) is 29.9 Å². The monoisotopic (exact) mass is 297 g/mol. The van der Waals surface area contributed by atoms with E-state index in [0.717, 1.165) is 22.3 Å². The van der Waals surface area contributed by atoms with Gasteiger partial charge in [-0.15, -0.1) is 11.3 Å². The van der Waals surface area contributed by atoms with Crippen molar-refractivity contribution in [2.75, 3.05) is 7.11 Å². The first kappa shape index (κ1) is 14.2. The van der Waals surface area contributed by atoms with Gasteiger partial charge in [-0.1, -0.05) is 18.5 Å². The maximum atomic E-state index is 12.1. The summed E-state index contributed by atoms with van der Waals surface area (Å²) in [7, 11) is 1.62. The number of carbonyl (C=O) groups excluding carboxylic acids is 1. The molecule has 0 fully saturated rings. The minimum atomic E-state index is -0.112. The van der Waals surface area contributed by atoms with Gasteiger partial charge < -0.3 is 10.1 Å². The van der Waals surface area contributed by atoms with E-state index in [1.165, 1.54) is 11.3 Å². The number of fused-ring (bicyclic) bond motifs is 1. The van der Waals surface area contributed by atoms with Gasteiger partial charge in [-0.05, 0) is 31.5 Å². The van der Waals surface area contributed by atoms with Gasteiger partial charge in [0.15, 0.2) is 0 Å². The summed E-state index contributed by atoms with van der Waals surface area (Å²) in [5, 5.41) is 4.34. The first-order chi connectivity index (χ1) is 9.06.